The molecule has 98 valence electrons. The highest BCUT2D eigenvalue weighted by Crippen LogP contribution is 2.19. The quantitative estimate of drug-likeness (QED) is 0.604. The van der Waals surface area contributed by atoms with Crippen LogP contribution in [-0.2, 0) is 11.2 Å². The highest BCUT2D eigenvalue weighted by atomic mass is 16.3. The topological polar surface area (TPSA) is 37.3 Å². The van der Waals surface area contributed by atoms with Crippen LogP contribution < -0.4 is 0 Å². The summed E-state index contributed by atoms with van der Waals surface area (Å²) >= 11 is 0. The third kappa shape index (κ3) is 4.74. The molecule has 0 radical (unpaired) electrons. The van der Waals surface area contributed by atoms with E-state index in [1.54, 1.807) is 0 Å². The fraction of sp³-hybridized carbons (Fsp3) is 0.438. The van der Waals surface area contributed by atoms with Crippen molar-refractivity contribution in [3.05, 3.63) is 47.2 Å². The Kier molecular flexibility index (Phi) is 5.63. The van der Waals surface area contributed by atoms with Crippen LogP contribution in [0.4, 0.5) is 0 Å². The van der Waals surface area contributed by atoms with Crippen molar-refractivity contribution in [2.75, 3.05) is 0 Å². The molecular formula is C16H22O2. The summed E-state index contributed by atoms with van der Waals surface area (Å²) in [5.74, 6) is 0.637. The predicted molar refractivity (Wildman–Crippen MR) is 74.9 cm³/mol. The van der Waals surface area contributed by atoms with Gasteiger partial charge < -0.3 is 5.11 Å². The van der Waals surface area contributed by atoms with E-state index in [-0.39, 0.29) is 11.5 Å². The van der Waals surface area contributed by atoms with Crippen molar-refractivity contribution in [1.82, 2.24) is 0 Å². The van der Waals surface area contributed by atoms with Gasteiger partial charge in [0.15, 0.2) is 5.78 Å². The number of aliphatic hydroxyl groups excluding tert-OH is 1. The molecule has 0 spiro atoms. The second-order valence-electron chi connectivity index (χ2n) is 4.80. The lowest BCUT2D eigenvalue weighted by Gasteiger charge is -2.09. The van der Waals surface area contributed by atoms with Crippen LogP contribution in [0.15, 0.2) is 36.1 Å². The normalized spacial score (nSPS) is 13.4. The SMILES string of the molecule is CCC(C)c1ccc(CCC(O)=CC(C)=O)cc1. The minimum absolute atomic E-state index is 0.111. The molecule has 0 aromatic heterocycles. The van der Waals surface area contributed by atoms with E-state index in [1.165, 1.54) is 24.1 Å². The van der Waals surface area contributed by atoms with Crippen LogP contribution in [-0.4, -0.2) is 10.9 Å². The standard InChI is InChI=1S/C16H22O2/c1-4-12(2)15-8-5-14(6-9-15)7-10-16(18)11-13(3)17/h5-6,8-9,11-12,18H,4,7,10H2,1-3H3. The van der Waals surface area contributed by atoms with Gasteiger partial charge in [-0.1, -0.05) is 38.1 Å². The number of aryl methyl sites for hydroxylation is 1. The lowest BCUT2D eigenvalue weighted by Crippen LogP contribution is -1.94. The summed E-state index contributed by atoms with van der Waals surface area (Å²) in [7, 11) is 0. The van der Waals surface area contributed by atoms with E-state index in [2.05, 4.69) is 38.1 Å². The van der Waals surface area contributed by atoms with E-state index in [0.717, 1.165) is 12.8 Å². The van der Waals surface area contributed by atoms with Gasteiger partial charge in [-0.3, -0.25) is 4.79 Å². The van der Waals surface area contributed by atoms with Gasteiger partial charge in [-0.25, -0.2) is 0 Å². The van der Waals surface area contributed by atoms with Gasteiger partial charge in [0.05, 0.1) is 5.76 Å². The third-order valence-electron chi connectivity index (χ3n) is 3.20. The molecule has 0 bridgehead atoms. The first-order valence-corrected chi connectivity index (χ1v) is 6.51. The van der Waals surface area contributed by atoms with Gasteiger partial charge in [-0.2, -0.15) is 0 Å². The molecule has 1 aromatic carbocycles. The first-order chi connectivity index (χ1) is 8.52. The number of aliphatic hydroxyl groups is 1. The number of rotatable bonds is 6. The van der Waals surface area contributed by atoms with E-state index < -0.39 is 0 Å². The summed E-state index contributed by atoms with van der Waals surface area (Å²) in [5, 5.41) is 9.50. The number of carbonyl (C=O) groups is 1. The number of hydrogen-bond donors (Lipinski definition) is 1. The Balaban J connectivity index is 2.57. The summed E-state index contributed by atoms with van der Waals surface area (Å²) in [6, 6.07) is 8.50. The zero-order chi connectivity index (χ0) is 13.5. The Labute approximate surface area is 109 Å². The van der Waals surface area contributed by atoms with Crippen LogP contribution in [0.25, 0.3) is 0 Å². The Morgan fingerprint density at radius 2 is 1.94 bits per heavy atom. The van der Waals surface area contributed by atoms with Crippen LogP contribution in [0.5, 0.6) is 0 Å². The number of benzene rings is 1. The van der Waals surface area contributed by atoms with E-state index in [4.69, 9.17) is 0 Å². The average molecular weight is 246 g/mol. The zero-order valence-corrected chi connectivity index (χ0v) is 11.4. The van der Waals surface area contributed by atoms with Crippen molar-refractivity contribution in [2.45, 2.75) is 46.0 Å². The number of ketones is 1. The largest absolute Gasteiger partial charge is 0.512 e. The Bertz CT molecular complexity index is 415. The first-order valence-electron chi connectivity index (χ1n) is 6.51. The van der Waals surface area contributed by atoms with Crippen molar-refractivity contribution in [3.8, 4) is 0 Å². The highest BCUT2D eigenvalue weighted by molar-refractivity contribution is 5.87. The maximum Gasteiger partial charge on any atom is 0.155 e. The second-order valence-corrected chi connectivity index (χ2v) is 4.80. The molecule has 1 rings (SSSR count). The van der Waals surface area contributed by atoms with Crippen LogP contribution in [0.1, 0.15) is 50.7 Å². The summed E-state index contributed by atoms with van der Waals surface area (Å²) in [4.78, 5) is 10.8. The third-order valence-corrected chi connectivity index (χ3v) is 3.20. The van der Waals surface area contributed by atoms with Crippen molar-refractivity contribution in [1.29, 1.82) is 0 Å². The van der Waals surface area contributed by atoms with Gasteiger partial charge >= 0.3 is 0 Å². The van der Waals surface area contributed by atoms with E-state index in [0.29, 0.717) is 12.3 Å². The lowest BCUT2D eigenvalue weighted by molar-refractivity contribution is -0.112. The smallest absolute Gasteiger partial charge is 0.155 e. The molecule has 0 heterocycles. The molecule has 2 nitrogen and oxygen atoms in total. The Hall–Kier alpha value is -1.57. The Morgan fingerprint density at radius 1 is 1.33 bits per heavy atom. The van der Waals surface area contributed by atoms with Gasteiger partial charge in [0.2, 0.25) is 0 Å². The minimum atomic E-state index is -0.111. The van der Waals surface area contributed by atoms with Gasteiger partial charge in [-0.05, 0) is 36.8 Å². The molecule has 0 saturated heterocycles. The number of allylic oxidation sites excluding steroid dienone is 2. The molecule has 0 aliphatic carbocycles. The summed E-state index contributed by atoms with van der Waals surface area (Å²) in [6.45, 7) is 5.84. The fourth-order valence-corrected chi connectivity index (χ4v) is 1.83. The molecule has 1 aromatic rings. The molecule has 0 aliphatic heterocycles. The molecule has 2 heteroatoms. The van der Waals surface area contributed by atoms with Crippen molar-refractivity contribution in [2.24, 2.45) is 0 Å². The number of carbonyl (C=O) groups excluding carboxylic acids is 1. The molecule has 0 aliphatic rings. The lowest BCUT2D eigenvalue weighted by atomic mass is 9.96. The summed E-state index contributed by atoms with van der Waals surface area (Å²) in [6.07, 6.45) is 3.70. The zero-order valence-electron chi connectivity index (χ0n) is 11.4. The van der Waals surface area contributed by atoms with E-state index in [1.807, 2.05) is 0 Å². The van der Waals surface area contributed by atoms with Gasteiger partial charge in [-0.15, -0.1) is 0 Å². The van der Waals surface area contributed by atoms with E-state index >= 15 is 0 Å². The molecule has 0 saturated carbocycles. The van der Waals surface area contributed by atoms with Gasteiger partial charge in [0.25, 0.3) is 0 Å². The molecule has 1 N–H and O–H groups in total. The van der Waals surface area contributed by atoms with Crippen molar-refractivity contribution < 1.29 is 9.90 Å². The van der Waals surface area contributed by atoms with Crippen LogP contribution >= 0.6 is 0 Å². The van der Waals surface area contributed by atoms with Crippen molar-refractivity contribution >= 4 is 5.78 Å². The fourth-order valence-electron chi connectivity index (χ4n) is 1.83. The van der Waals surface area contributed by atoms with Crippen LogP contribution in [0.2, 0.25) is 0 Å². The minimum Gasteiger partial charge on any atom is -0.512 e. The molecule has 0 amide bonds. The van der Waals surface area contributed by atoms with Crippen LogP contribution in [0, 0.1) is 0 Å². The van der Waals surface area contributed by atoms with Crippen molar-refractivity contribution in [3.63, 3.8) is 0 Å². The first kappa shape index (κ1) is 14.5. The maximum atomic E-state index is 10.8. The molecule has 18 heavy (non-hydrogen) atoms. The summed E-state index contributed by atoms with van der Waals surface area (Å²) < 4.78 is 0. The van der Waals surface area contributed by atoms with Gasteiger partial charge in [0.1, 0.15) is 0 Å². The highest BCUT2D eigenvalue weighted by Gasteiger charge is 2.03. The average Bonchev–Trinajstić information content (AvgIpc) is 2.35. The maximum absolute atomic E-state index is 10.8. The molecule has 1 unspecified atom stereocenters. The van der Waals surface area contributed by atoms with Gasteiger partial charge in [0, 0.05) is 12.5 Å². The number of hydrogen-bond acceptors (Lipinski definition) is 2. The monoisotopic (exact) mass is 246 g/mol. The molecular weight excluding hydrogens is 224 g/mol. The predicted octanol–water partition coefficient (Wildman–Crippen LogP) is 4.16. The van der Waals surface area contributed by atoms with Crippen LogP contribution in [0.3, 0.4) is 0 Å². The molecule has 0 fully saturated rings. The second kappa shape index (κ2) is 7.00. The Morgan fingerprint density at radius 3 is 2.44 bits per heavy atom. The summed E-state index contributed by atoms with van der Waals surface area (Å²) in [5.41, 5.74) is 2.54. The van der Waals surface area contributed by atoms with E-state index in [9.17, 15) is 9.90 Å². The molecule has 1 atom stereocenters.